The molecule has 0 unspecified atom stereocenters. The summed E-state index contributed by atoms with van der Waals surface area (Å²) in [5, 5.41) is 8.70. The Morgan fingerprint density at radius 2 is 1.94 bits per heavy atom. The molecule has 5 heteroatoms. The van der Waals surface area contributed by atoms with Crippen LogP contribution in [0.3, 0.4) is 0 Å². The van der Waals surface area contributed by atoms with Crippen molar-refractivity contribution < 1.29 is 19.1 Å². The molecular formula is C12H26O4Si. The molecule has 1 atom stereocenters. The average molecular weight is 262 g/mol. The van der Waals surface area contributed by atoms with Crippen molar-refractivity contribution in [3.05, 3.63) is 0 Å². The molecule has 0 saturated carbocycles. The Balaban J connectivity index is 4.00. The second kappa shape index (κ2) is 7.26. The lowest BCUT2D eigenvalue weighted by Gasteiger charge is -2.36. The Labute approximate surface area is 105 Å². The van der Waals surface area contributed by atoms with Crippen molar-refractivity contribution in [3.8, 4) is 0 Å². The van der Waals surface area contributed by atoms with Crippen molar-refractivity contribution in [1.29, 1.82) is 0 Å². The largest absolute Gasteiger partial charge is 0.417 e. The Morgan fingerprint density at radius 1 is 1.35 bits per heavy atom. The minimum absolute atomic E-state index is 0.186. The molecule has 0 rings (SSSR count). The van der Waals surface area contributed by atoms with E-state index in [0.29, 0.717) is 13.0 Å². The molecule has 102 valence electrons. The number of hydrogen-bond acceptors (Lipinski definition) is 4. The fraction of sp³-hybridized carbons (Fsp3) is 0.917. The van der Waals surface area contributed by atoms with E-state index in [2.05, 4.69) is 33.9 Å². The summed E-state index contributed by atoms with van der Waals surface area (Å²) < 4.78 is 10.8. The Hall–Kier alpha value is -0.233. The van der Waals surface area contributed by atoms with Gasteiger partial charge in [0.05, 0.1) is 6.61 Å². The van der Waals surface area contributed by atoms with E-state index in [-0.39, 0.29) is 24.4 Å². The summed E-state index contributed by atoms with van der Waals surface area (Å²) in [5.41, 5.74) is 0. The van der Waals surface area contributed by atoms with E-state index in [1.54, 1.807) is 0 Å². The molecular weight excluding hydrogens is 236 g/mol. The molecule has 0 aliphatic heterocycles. The van der Waals surface area contributed by atoms with Gasteiger partial charge in [-0.25, -0.2) is 0 Å². The molecule has 0 aromatic heterocycles. The normalized spacial score (nSPS) is 14.7. The van der Waals surface area contributed by atoms with Gasteiger partial charge in [-0.1, -0.05) is 20.8 Å². The third kappa shape index (κ3) is 6.31. The lowest BCUT2D eigenvalue weighted by Crippen LogP contribution is -2.41. The zero-order valence-corrected chi connectivity index (χ0v) is 12.7. The van der Waals surface area contributed by atoms with Gasteiger partial charge in [0.2, 0.25) is 0 Å². The Kier molecular flexibility index (Phi) is 7.16. The fourth-order valence-corrected chi connectivity index (χ4v) is 2.14. The predicted octanol–water partition coefficient (Wildman–Crippen LogP) is 2.18. The molecule has 0 fully saturated rings. The Morgan fingerprint density at radius 3 is 2.35 bits per heavy atom. The van der Waals surface area contributed by atoms with Crippen LogP contribution in [0.1, 0.15) is 27.2 Å². The van der Waals surface area contributed by atoms with E-state index in [1.807, 2.05) is 0 Å². The average Bonchev–Trinajstić information content (AvgIpc) is 2.21. The van der Waals surface area contributed by atoms with Crippen LogP contribution < -0.4 is 0 Å². The van der Waals surface area contributed by atoms with E-state index in [0.717, 1.165) is 6.29 Å². The quantitative estimate of drug-likeness (QED) is 0.414. The van der Waals surface area contributed by atoms with E-state index in [1.165, 1.54) is 0 Å². The van der Waals surface area contributed by atoms with Gasteiger partial charge in [0.25, 0.3) is 0 Å². The van der Waals surface area contributed by atoms with Crippen molar-refractivity contribution in [3.63, 3.8) is 0 Å². The van der Waals surface area contributed by atoms with Crippen molar-refractivity contribution in [2.24, 2.45) is 5.92 Å². The summed E-state index contributed by atoms with van der Waals surface area (Å²) in [6.45, 7) is 11.4. The molecule has 0 radical (unpaired) electrons. The molecule has 1 N–H and O–H groups in total. The number of aliphatic hydroxyl groups is 1. The molecule has 0 aromatic carbocycles. The minimum Gasteiger partial charge on any atom is -0.417 e. The van der Waals surface area contributed by atoms with Gasteiger partial charge in [0.1, 0.15) is 13.1 Å². The van der Waals surface area contributed by atoms with E-state index >= 15 is 0 Å². The topological polar surface area (TPSA) is 55.8 Å². The third-order valence-corrected chi connectivity index (χ3v) is 7.91. The maximum Gasteiger partial charge on any atom is 0.191 e. The van der Waals surface area contributed by atoms with Crippen molar-refractivity contribution >= 4 is 14.6 Å². The van der Waals surface area contributed by atoms with Gasteiger partial charge < -0.3 is 19.1 Å². The number of carbonyl (C=O) groups is 1. The number of aldehydes is 1. The smallest absolute Gasteiger partial charge is 0.191 e. The lowest BCUT2D eigenvalue weighted by molar-refractivity contribution is -0.114. The molecule has 0 aliphatic carbocycles. The predicted molar refractivity (Wildman–Crippen MR) is 70.4 cm³/mol. The number of ether oxygens (including phenoxy) is 1. The van der Waals surface area contributed by atoms with E-state index < -0.39 is 8.32 Å². The van der Waals surface area contributed by atoms with Gasteiger partial charge in [-0.05, 0) is 24.6 Å². The monoisotopic (exact) mass is 262 g/mol. The highest BCUT2D eigenvalue weighted by Gasteiger charge is 2.36. The zero-order valence-electron chi connectivity index (χ0n) is 11.7. The van der Waals surface area contributed by atoms with Gasteiger partial charge in [0.15, 0.2) is 8.32 Å². The maximum atomic E-state index is 10.8. The zero-order chi connectivity index (χ0) is 13.5. The van der Waals surface area contributed by atoms with Crippen LogP contribution in [0.15, 0.2) is 0 Å². The number of hydrogen-bond donors (Lipinski definition) is 1. The first-order valence-electron chi connectivity index (χ1n) is 6.02. The summed E-state index contributed by atoms with van der Waals surface area (Å²) in [6, 6.07) is 0. The second-order valence-corrected chi connectivity index (χ2v) is 10.6. The third-order valence-electron chi connectivity index (χ3n) is 3.37. The van der Waals surface area contributed by atoms with Crippen LogP contribution in [-0.4, -0.2) is 39.7 Å². The molecule has 17 heavy (non-hydrogen) atoms. The molecule has 0 aromatic rings. The standard InChI is InChI=1S/C12H26O4Si/c1-12(2,3)17(4,5)16-7-6-11(8-13)9-15-10-14/h8,11,14H,6-7,9-10H2,1-5H3/t11-/m0/s1. The first-order valence-corrected chi connectivity index (χ1v) is 8.93. The molecule has 0 amide bonds. The number of carbonyl (C=O) groups excluding carboxylic acids is 1. The summed E-state index contributed by atoms with van der Waals surface area (Å²) >= 11 is 0. The summed E-state index contributed by atoms with van der Waals surface area (Å²) in [7, 11) is -1.72. The van der Waals surface area contributed by atoms with Gasteiger partial charge >= 0.3 is 0 Å². The van der Waals surface area contributed by atoms with Crippen LogP contribution in [0, 0.1) is 5.92 Å². The molecule has 0 spiro atoms. The van der Waals surface area contributed by atoms with Gasteiger partial charge in [-0.15, -0.1) is 0 Å². The SMILES string of the molecule is CC(C)(C)[Si](C)(C)OCC[C@@H](C=O)COCO. The highest BCUT2D eigenvalue weighted by molar-refractivity contribution is 6.74. The van der Waals surface area contributed by atoms with Crippen LogP contribution in [0.25, 0.3) is 0 Å². The van der Waals surface area contributed by atoms with Crippen LogP contribution in [0.2, 0.25) is 18.1 Å². The number of aliphatic hydroxyl groups excluding tert-OH is 1. The maximum absolute atomic E-state index is 10.8. The minimum atomic E-state index is -1.72. The van der Waals surface area contributed by atoms with Crippen LogP contribution in [0.4, 0.5) is 0 Å². The molecule has 4 nitrogen and oxygen atoms in total. The summed E-state index contributed by atoms with van der Waals surface area (Å²) in [5.74, 6) is -0.188. The summed E-state index contributed by atoms with van der Waals surface area (Å²) in [4.78, 5) is 10.8. The number of rotatable bonds is 8. The van der Waals surface area contributed by atoms with Crippen LogP contribution in [-0.2, 0) is 14.0 Å². The molecule has 0 heterocycles. The Bertz CT molecular complexity index is 223. The van der Waals surface area contributed by atoms with Gasteiger partial charge in [0, 0.05) is 12.5 Å². The fourth-order valence-electron chi connectivity index (χ4n) is 1.08. The van der Waals surface area contributed by atoms with E-state index in [9.17, 15) is 4.79 Å². The lowest BCUT2D eigenvalue weighted by atomic mass is 10.1. The van der Waals surface area contributed by atoms with E-state index in [4.69, 9.17) is 14.3 Å². The van der Waals surface area contributed by atoms with Gasteiger partial charge in [-0.3, -0.25) is 0 Å². The second-order valence-electron chi connectivity index (χ2n) is 5.79. The molecule has 0 saturated heterocycles. The first-order chi connectivity index (χ1) is 7.74. The highest BCUT2D eigenvalue weighted by atomic mass is 28.4. The summed E-state index contributed by atoms with van der Waals surface area (Å²) in [6.07, 6.45) is 1.51. The van der Waals surface area contributed by atoms with Crippen LogP contribution >= 0.6 is 0 Å². The van der Waals surface area contributed by atoms with Gasteiger partial charge in [-0.2, -0.15) is 0 Å². The molecule has 0 bridgehead atoms. The highest BCUT2D eigenvalue weighted by Crippen LogP contribution is 2.36. The van der Waals surface area contributed by atoms with Crippen molar-refractivity contribution in [2.75, 3.05) is 20.0 Å². The van der Waals surface area contributed by atoms with Crippen molar-refractivity contribution in [2.45, 2.75) is 45.3 Å². The first kappa shape index (κ1) is 16.8. The molecule has 0 aliphatic rings. The van der Waals surface area contributed by atoms with Crippen molar-refractivity contribution in [1.82, 2.24) is 0 Å². The van der Waals surface area contributed by atoms with Crippen LogP contribution in [0.5, 0.6) is 0 Å².